The van der Waals surface area contributed by atoms with E-state index in [1.807, 2.05) is 0 Å². The van der Waals surface area contributed by atoms with Gasteiger partial charge in [-0.1, -0.05) is 12.1 Å². The maximum absolute atomic E-state index is 11.5. The van der Waals surface area contributed by atoms with Crippen LogP contribution in [0.25, 0.3) is 11.1 Å². The molecule has 1 aromatic carbocycles. The number of H-pyrrole nitrogens is 1. The zero-order valence-corrected chi connectivity index (χ0v) is 8.44. The molecular formula is C12H10N2O2. The molecule has 0 fully saturated rings. The van der Waals surface area contributed by atoms with Crippen LogP contribution in [0.2, 0.25) is 0 Å². The summed E-state index contributed by atoms with van der Waals surface area (Å²) < 4.78 is 0. The van der Waals surface area contributed by atoms with E-state index in [1.165, 1.54) is 0 Å². The van der Waals surface area contributed by atoms with E-state index in [0.717, 1.165) is 5.56 Å². The predicted molar refractivity (Wildman–Crippen MR) is 61.0 cm³/mol. The monoisotopic (exact) mass is 214 g/mol. The maximum atomic E-state index is 11.5. The molecule has 1 aromatic heterocycles. The third-order valence-electron chi connectivity index (χ3n) is 2.30. The number of carbonyl (C=O) groups is 1. The van der Waals surface area contributed by atoms with Gasteiger partial charge in [-0.25, -0.2) is 0 Å². The highest BCUT2D eigenvalue weighted by atomic mass is 16.1. The first kappa shape index (κ1) is 10.2. The van der Waals surface area contributed by atoms with Gasteiger partial charge in [-0.05, 0) is 29.8 Å². The summed E-state index contributed by atoms with van der Waals surface area (Å²) in [5, 5.41) is 0. The van der Waals surface area contributed by atoms with Gasteiger partial charge in [-0.15, -0.1) is 0 Å². The molecule has 1 amide bonds. The summed E-state index contributed by atoms with van der Waals surface area (Å²) in [4.78, 5) is 24.9. The number of carbonyl (C=O) groups excluding carboxylic acids is 1. The predicted octanol–water partition coefficient (Wildman–Crippen LogP) is 1.14. The van der Waals surface area contributed by atoms with Crippen LogP contribution in [-0.4, -0.2) is 10.9 Å². The lowest BCUT2D eigenvalue weighted by Crippen LogP contribution is -2.11. The van der Waals surface area contributed by atoms with Gasteiger partial charge in [0.25, 0.3) is 5.56 Å². The van der Waals surface area contributed by atoms with E-state index in [0.29, 0.717) is 11.1 Å². The van der Waals surface area contributed by atoms with Crippen LogP contribution in [0, 0.1) is 0 Å². The van der Waals surface area contributed by atoms with Crippen LogP contribution in [0.15, 0.2) is 47.4 Å². The molecule has 0 aliphatic heterocycles. The number of hydrogen-bond donors (Lipinski definition) is 2. The van der Waals surface area contributed by atoms with Crippen LogP contribution in [0.1, 0.15) is 10.4 Å². The average Bonchev–Trinajstić information content (AvgIpc) is 2.30. The fraction of sp³-hybridized carbons (Fsp3) is 0. The Kier molecular flexibility index (Phi) is 2.55. The number of amides is 1. The smallest absolute Gasteiger partial charge is 0.255 e. The number of nitrogens with two attached hydrogens (primary N) is 1. The first-order valence-electron chi connectivity index (χ1n) is 4.76. The molecule has 3 N–H and O–H groups in total. The molecule has 4 nitrogen and oxygen atoms in total. The zero-order chi connectivity index (χ0) is 11.5. The second-order valence-corrected chi connectivity index (χ2v) is 3.35. The topological polar surface area (TPSA) is 76.0 Å². The molecule has 0 spiro atoms. The fourth-order valence-corrected chi connectivity index (χ4v) is 1.46. The van der Waals surface area contributed by atoms with Gasteiger partial charge in [0, 0.05) is 17.3 Å². The van der Waals surface area contributed by atoms with Crippen molar-refractivity contribution in [2.24, 2.45) is 5.73 Å². The Labute approximate surface area is 91.7 Å². The largest absolute Gasteiger partial charge is 0.366 e. The van der Waals surface area contributed by atoms with Gasteiger partial charge in [0.05, 0.1) is 0 Å². The van der Waals surface area contributed by atoms with Crippen molar-refractivity contribution in [1.82, 2.24) is 4.98 Å². The molecule has 80 valence electrons. The Morgan fingerprint density at radius 1 is 1.12 bits per heavy atom. The van der Waals surface area contributed by atoms with E-state index in [2.05, 4.69) is 4.98 Å². The highest BCUT2D eigenvalue weighted by molar-refractivity contribution is 5.93. The minimum Gasteiger partial charge on any atom is -0.366 e. The van der Waals surface area contributed by atoms with E-state index in [9.17, 15) is 9.59 Å². The highest BCUT2D eigenvalue weighted by Gasteiger charge is 2.03. The molecule has 0 aliphatic rings. The number of aromatic nitrogens is 1. The number of pyridine rings is 1. The van der Waals surface area contributed by atoms with Crippen LogP contribution in [-0.2, 0) is 0 Å². The number of benzene rings is 1. The van der Waals surface area contributed by atoms with Gasteiger partial charge in [0.1, 0.15) is 0 Å². The lowest BCUT2D eigenvalue weighted by molar-refractivity contribution is 0.100. The number of aromatic amines is 1. The van der Waals surface area contributed by atoms with Crippen molar-refractivity contribution in [3.05, 3.63) is 58.5 Å². The molecule has 0 aliphatic carbocycles. The van der Waals surface area contributed by atoms with Crippen molar-refractivity contribution in [2.75, 3.05) is 0 Å². The van der Waals surface area contributed by atoms with Crippen molar-refractivity contribution >= 4 is 5.91 Å². The molecule has 4 heteroatoms. The quantitative estimate of drug-likeness (QED) is 0.786. The van der Waals surface area contributed by atoms with E-state index in [4.69, 9.17) is 5.73 Å². The van der Waals surface area contributed by atoms with E-state index in [-0.39, 0.29) is 5.56 Å². The lowest BCUT2D eigenvalue weighted by Gasteiger charge is -2.00. The van der Waals surface area contributed by atoms with Crippen LogP contribution >= 0.6 is 0 Å². The normalized spacial score (nSPS) is 10.0. The van der Waals surface area contributed by atoms with Gasteiger partial charge < -0.3 is 10.7 Å². The SMILES string of the molecule is NC(=O)c1ccc(-c2ccc[nH]c2=O)cc1. The molecule has 0 saturated carbocycles. The second-order valence-electron chi connectivity index (χ2n) is 3.35. The first-order valence-corrected chi connectivity index (χ1v) is 4.76. The Hall–Kier alpha value is -2.36. The van der Waals surface area contributed by atoms with Gasteiger partial charge in [0.15, 0.2) is 0 Å². The number of nitrogens with one attached hydrogen (secondary N) is 1. The third-order valence-corrected chi connectivity index (χ3v) is 2.30. The van der Waals surface area contributed by atoms with Crippen molar-refractivity contribution < 1.29 is 4.79 Å². The summed E-state index contributed by atoms with van der Waals surface area (Å²) in [7, 11) is 0. The molecule has 0 bridgehead atoms. The van der Waals surface area contributed by atoms with Crippen LogP contribution < -0.4 is 11.3 Å². The van der Waals surface area contributed by atoms with Gasteiger partial charge in [0.2, 0.25) is 5.91 Å². The number of hydrogen-bond acceptors (Lipinski definition) is 2. The Bertz CT molecular complexity index is 570. The summed E-state index contributed by atoms with van der Waals surface area (Å²) in [6.07, 6.45) is 1.57. The summed E-state index contributed by atoms with van der Waals surface area (Å²) in [6, 6.07) is 10.1. The van der Waals surface area contributed by atoms with Gasteiger partial charge in [-0.2, -0.15) is 0 Å². The van der Waals surface area contributed by atoms with E-state index in [1.54, 1.807) is 42.6 Å². The molecule has 0 atom stereocenters. The molecule has 16 heavy (non-hydrogen) atoms. The molecular weight excluding hydrogens is 204 g/mol. The van der Waals surface area contributed by atoms with Crippen LogP contribution in [0.4, 0.5) is 0 Å². The molecule has 2 aromatic rings. The van der Waals surface area contributed by atoms with Gasteiger partial charge >= 0.3 is 0 Å². The third kappa shape index (κ3) is 1.86. The summed E-state index contributed by atoms with van der Waals surface area (Å²) in [5.74, 6) is -0.478. The minimum absolute atomic E-state index is 0.158. The highest BCUT2D eigenvalue weighted by Crippen LogP contribution is 2.15. The van der Waals surface area contributed by atoms with Crippen molar-refractivity contribution in [3.8, 4) is 11.1 Å². The molecule has 2 rings (SSSR count). The number of rotatable bonds is 2. The lowest BCUT2D eigenvalue weighted by atomic mass is 10.1. The summed E-state index contributed by atoms with van der Waals surface area (Å²) >= 11 is 0. The number of primary amides is 1. The van der Waals surface area contributed by atoms with Crippen molar-refractivity contribution in [3.63, 3.8) is 0 Å². The summed E-state index contributed by atoms with van der Waals surface area (Å²) in [5.41, 5.74) is 6.72. The van der Waals surface area contributed by atoms with E-state index < -0.39 is 5.91 Å². The average molecular weight is 214 g/mol. The molecule has 0 saturated heterocycles. The first-order chi connectivity index (χ1) is 7.68. The van der Waals surface area contributed by atoms with Crippen LogP contribution in [0.5, 0.6) is 0 Å². The Morgan fingerprint density at radius 2 is 1.81 bits per heavy atom. The molecule has 1 heterocycles. The Morgan fingerprint density at radius 3 is 2.38 bits per heavy atom. The van der Waals surface area contributed by atoms with Crippen molar-refractivity contribution in [2.45, 2.75) is 0 Å². The van der Waals surface area contributed by atoms with E-state index >= 15 is 0 Å². The standard InChI is InChI=1S/C12H10N2O2/c13-11(15)9-5-3-8(4-6-9)10-2-1-7-14-12(10)16/h1-7H,(H2,13,15)(H,14,16). The zero-order valence-electron chi connectivity index (χ0n) is 8.44. The van der Waals surface area contributed by atoms with Crippen LogP contribution in [0.3, 0.4) is 0 Å². The molecule has 0 unspecified atom stereocenters. The Balaban J connectivity index is 2.47. The fourth-order valence-electron chi connectivity index (χ4n) is 1.46. The summed E-state index contributed by atoms with van der Waals surface area (Å²) in [6.45, 7) is 0. The second kappa shape index (κ2) is 4.02. The van der Waals surface area contributed by atoms with Crippen molar-refractivity contribution in [1.29, 1.82) is 0 Å². The minimum atomic E-state index is -0.478. The molecule has 0 radical (unpaired) electrons. The van der Waals surface area contributed by atoms with Gasteiger partial charge in [-0.3, -0.25) is 9.59 Å². The maximum Gasteiger partial charge on any atom is 0.255 e.